The molecule has 1 saturated heterocycles. The Labute approximate surface area is 302 Å². The van der Waals surface area contributed by atoms with Gasteiger partial charge in [-0.25, -0.2) is 13.4 Å². The van der Waals surface area contributed by atoms with E-state index in [9.17, 15) is 18.3 Å². The molecule has 1 amide bonds. The summed E-state index contributed by atoms with van der Waals surface area (Å²) < 4.78 is 42.2. The van der Waals surface area contributed by atoms with Crippen molar-refractivity contribution in [1.82, 2.24) is 25.2 Å². The van der Waals surface area contributed by atoms with Crippen LogP contribution in [0.15, 0.2) is 120 Å². The molecule has 5 aromatic rings. The lowest BCUT2D eigenvalue weighted by atomic mass is 9.91. The van der Waals surface area contributed by atoms with Crippen molar-refractivity contribution in [3.8, 4) is 0 Å². The first-order valence-corrected chi connectivity index (χ1v) is 19.1. The van der Waals surface area contributed by atoms with Gasteiger partial charge in [0.25, 0.3) is 0 Å². The Hall–Kier alpha value is -4.37. The van der Waals surface area contributed by atoms with E-state index in [1.54, 1.807) is 12.1 Å². The first kappa shape index (κ1) is 36.4. The summed E-state index contributed by atoms with van der Waals surface area (Å²) in [5, 5.41) is 20.0. The number of carbonyl (C=O) groups excluding carboxylic acids is 1. The summed E-state index contributed by atoms with van der Waals surface area (Å²) in [5.74, 6) is 0.204. The van der Waals surface area contributed by atoms with E-state index >= 15 is 0 Å². The lowest BCUT2D eigenvalue weighted by Crippen LogP contribution is -2.47. The van der Waals surface area contributed by atoms with E-state index in [0.29, 0.717) is 10.9 Å². The van der Waals surface area contributed by atoms with Gasteiger partial charge < -0.3 is 19.9 Å². The number of sulfonamides is 1. The molecule has 4 N–H and O–H groups in total. The molecule has 0 saturated carbocycles. The second-order valence-electron chi connectivity index (χ2n) is 12.6. The lowest BCUT2D eigenvalue weighted by molar-refractivity contribution is -0.268. The van der Waals surface area contributed by atoms with E-state index in [1.165, 1.54) is 30.2 Å². The van der Waals surface area contributed by atoms with Crippen LogP contribution in [0.2, 0.25) is 0 Å². The monoisotopic (exact) mass is 727 g/mol. The molecule has 0 radical (unpaired) electrons. The number of hydrogen-bond acceptors (Lipinski definition) is 9. The summed E-state index contributed by atoms with van der Waals surface area (Å²) in [5.41, 5.74) is 5.22. The number of ether oxygens (including phenoxy) is 2. The highest BCUT2D eigenvalue weighted by molar-refractivity contribution is 7.99. The number of aliphatic hydroxyl groups excluding tert-OH is 1. The van der Waals surface area contributed by atoms with Crippen molar-refractivity contribution in [2.75, 3.05) is 5.75 Å². The quantitative estimate of drug-likeness (QED) is 0.110. The maximum absolute atomic E-state index is 13.5. The number of aromatic nitrogens is 3. The van der Waals surface area contributed by atoms with Crippen LogP contribution in [0.3, 0.4) is 0 Å². The number of aromatic amines is 1. The minimum absolute atomic E-state index is 0.0124. The van der Waals surface area contributed by atoms with Crippen LogP contribution in [0.25, 0.3) is 0 Å². The van der Waals surface area contributed by atoms with Crippen molar-refractivity contribution >= 4 is 27.7 Å². The van der Waals surface area contributed by atoms with Gasteiger partial charge in [-0.3, -0.25) is 9.89 Å². The Morgan fingerprint density at radius 1 is 0.902 bits per heavy atom. The second kappa shape index (κ2) is 16.8. The third-order valence-electron chi connectivity index (χ3n) is 8.85. The third-order valence-corrected chi connectivity index (χ3v) is 11.3. The molecule has 0 bridgehead atoms. The molecule has 5 atom stereocenters. The summed E-state index contributed by atoms with van der Waals surface area (Å²) in [4.78, 5) is 17.8. The molecule has 1 aliphatic heterocycles. The molecule has 11 nitrogen and oxygen atoms in total. The highest BCUT2D eigenvalue weighted by atomic mass is 32.2. The van der Waals surface area contributed by atoms with Crippen molar-refractivity contribution in [3.05, 3.63) is 143 Å². The van der Waals surface area contributed by atoms with Gasteiger partial charge in [-0.05, 0) is 47.7 Å². The summed E-state index contributed by atoms with van der Waals surface area (Å²) in [6.45, 7) is 4.14. The first-order valence-electron chi connectivity index (χ1n) is 16.7. The number of aliphatic hydroxyl groups is 1. The van der Waals surface area contributed by atoms with Gasteiger partial charge in [0.2, 0.25) is 15.9 Å². The molecule has 4 aromatic carbocycles. The number of amides is 1. The zero-order chi connectivity index (χ0) is 35.8. The molecule has 0 spiro atoms. The minimum atomic E-state index is -3.96. The fourth-order valence-electron chi connectivity index (χ4n) is 5.85. The highest BCUT2D eigenvalue weighted by Crippen LogP contribution is 2.42. The van der Waals surface area contributed by atoms with Gasteiger partial charge in [-0.2, -0.15) is 9.82 Å². The van der Waals surface area contributed by atoms with Crippen LogP contribution in [0.1, 0.15) is 52.7 Å². The van der Waals surface area contributed by atoms with E-state index in [0.717, 1.165) is 33.4 Å². The molecule has 266 valence electrons. The van der Waals surface area contributed by atoms with E-state index in [-0.39, 0.29) is 42.6 Å². The molecule has 1 aromatic heterocycles. The van der Waals surface area contributed by atoms with Crippen molar-refractivity contribution in [2.24, 2.45) is 5.92 Å². The van der Waals surface area contributed by atoms with E-state index < -0.39 is 28.3 Å². The summed E-state index contributed by atoms with van der Waals surface area (Å²) in [6, 6.07) is 30.2. The summed E-state index contributed by atoms with van der Waals surface area (Å²) in [7, 11) is -3.96. The molecule has 1 fully saturated rings. The average molecular weight is 728 g/mol. The number of thioether (sulfide) groups is 1. The van der Waals surface area contributed by atoms with Gasteiger partial charge in [-0.1, -0.05) is 115 Å². The molecule has 0 unspecified atom stereocenters. The van der Waals surface area contributed by atoms with Gasteiger partial charge in [0, 0.05) is 23.8 Å². The van der Waals surface area contributed by atoms with Crippen LogP contribution in [0.5, 0.6) is 0 Å². The van der Waals surface area contributed by atoms with E-state index in [2.05, 4.69) is 32.1 Å². The molecular weight excluding hydrogens is 687 g/mol. The van der Waals surface area contributed by atoms with E-state index in [1.807, 2.05) is 85.8 Å². The number of nitrogens with one attached hydrogen (secondary N) is 3. The van der Waals surface area contributed by atoms with Crippen LogP contribution < -0.4 is 10.0 Å². The van der Waals surface area contributed by atoms with Crippen LogP contribution in [0.4, 0.5) is 0 Å². The molecule has 1 aliphatic rings. The van der Waals surface area contributed by atoms with Gasteiger partial charge in [0.1, 0.15) is 12.4 Å². The number of aryl methyl sites for hydroxylation is 1. The molecule has 6 rings (SSSR count). The Balaban J connectivity index is 1.14. The topological polar surface area (TPSA) is 156 Å². The van der Waals surface area contributed by atoms with Crippen molar-refractivity contribution in [3.63, 3.8) is 0 Å². The summed E-state index contributed by atoms with van der Waals surface area (Å²) >= 11 is 1.53. The third kappa shape index (κ3) is 9.50. The van der Waals surface area contributed by atoms with Gasteiger partial charge in [0.05, 0.1) is 23.7 Å². The van der Waals surface area contributed by atoms with Crippen LogP contribution in [0, 0.1) is 12.8 Å². The molecule has 13 heteroatoms. The molecule has 0 aliphatic carbocycles. The largest absolute Gasteiger partial charge is 0.392 e. The lowest BCUT2D eigenvalue weighted by Gasteiger charge is -2.41. The number of rotatable bonds is 14. The highest BCUT2D eigenvalue weighted by Gasteiger charge is 2.38. The van der Waals surface area contributed by atoms with Gasteiger partial charge >= 0.3 is 0 Å². The molecule has 51 heavy (non-hydrogen) atoms. The SMILES string of the molecule is Cc1ccc(S(=O)(=O)N[C@H](Cc2ccccc2)C(=O)NCc2ccc([C@@H]3O[C@H](CSc4ncn[nH]4)[C@H](C)[C@H](c4ccc(CO)cc4)O3)cc2)cc1. The maximum Gasteiger partial charge on any atom is 0.241 e. The van der Waals surface area contributed by atoms with Crippen LogP contribution in [-0.2, 0) is 43.9 Å². The van der Waals surface area contributed by atoms with Crippen LogP contribution >= 0.6 is 11.8 Å². The fraction of sp³-hybridized carbons (Fsp3) is 0.289. The predicted octanol–water partition coefficient (Wildman–Crippen LogP) is 5.40. The predicted molar refractivity (Wildman–Crippen MR) is 194 cm³/mol. The molecular formula is C38H41N5O6S2. The van der Waals surface area contributed by atoms with Crippen molar-refractivity contribution in [2.45, 2.75) is 68.0 Å². The fourth-order valence-corrected chi connectivity index (χ4v) is 7.99. The Morgan fingerprint density at radius 3 is 2.25 bits per heavy atom. The average Bonchev–Trinajstić information content (AvgIpc) is 3.68. The second-order valence-corrected chi connectivity index (χ2v) is 15.3. The van der Waals surface area contributed by atoms with Crippen molar-refractivity contribution in [1.29, 1.82) is 0 Å². The number of H-pyrrole nitrogens is 1. The minimum Gasteiger partial charge on any atom is -0.392 e. The van der Waals surface area contributed by atoms with E-state index in [4.69, 9.17) is 9.47 Å². The number of benzene rings is 4. The number of hydrogen-bond donors (Lipinski definition) is 4. The molecule has 2 heterocycles. The number of carbonyl (C=O) groups is 1. The Kier molecular flexibility index (Phi) is 12.0. The Morgan fingerprint density at radius 2 is 1.59 bits per heavy atom. The van der Waals surface area contributed by atoms with Crippen molar-refractivity contribution < 1.29 is 27.8 Å². The zero-order valence-corrected chi connectivity index (χ0v) is 29.9. The van der Waals surface area contributed by atoms with Gasteiger partial charge in [-0.15, -0.1) is 0 Å². The normalized spacial score (nSPS) is 19.7. The first-order chi connectivity index (χ1) is 24.7. The summed E-state index contributed by atoms with van der Waals surface area (Å²) in [6.07, 6.45) is 0.568. The number of nitrogens with zero attached hydrogens (tertiary/aromatic N) is 2. The standard InChI is InChI=1S/C38H41N5O6S2/c1-25-8-18-32(19-9-25)51(46,47)43-33(20-27-6-4-3-5-7-27)36(45)39-21-28-10-16-31(17-11-28)37-48-34(23-50-38-40-24-41-42-38)26(2)35(49-37)30-14-12-29(22-44)13-15-30/h3-19,24,26,33-35,37,43-44H,20-23H2,1-2H3,(H,39,45)(H,40,41,42)/t26-,33+,34+,35+,37+/m0/s1. The van der Waals surface area contributed by atoms with Gasteiger partial charge in [0.15, 0.2) is 11.4 Å². The van der Waals surface area contributed by atoms with Crippen LogP contribution in [-0.4, -0.2) is 52.5 Å². The Bertz CT molecular complexity index is 1960. The zero-order valence-electron chi connectivity index (χ0n) is 28.3. The smallest absolute Gasteiger partial charge is 0.241 e. The maximum atomic E-state index is 13.5.